The smallest absolute Gasteiger partial charge is 0.369 e. The highest BCUT2D eigenvalue weighted by Crippen LogP contribution is 2.60. The maximum atomic E-state index is 15.0. The number of carbonyl (C=O) groups is 2. The van der Waals surface area contributed by atoms with Crippen molar-refractivity contribution < 1.29 is 53.1 Å². The van der Waals surface area contributed by atoms with E-state index in [4.69, 9.17) is 5.73 Å². The van der Waals surface area contributed by atoms with Crippen molar-refractivity contribution in [2.24, 2.45) is 17.6 Å². The molecule has 0 bridgehead atoms. The number of primary amides is 1. The van der Waals surface area contributed by atoms with Crippen molar-refractivity contribution in [3.63, 3.8) is 0 Å². The molecular formula is C28H26F8N2O4S. The van der Waals surface area contributed by atoms with Crippen LogP contribution in [-0.2, 0) is 36.3 Å². The Kier molecular flexibility index (Phi) is 7.37. The Bertz CT molecular complexity index is 1540. The Morgan fingerprint density at radius 1 is 0.930 bits per heavy atom. The molecule has 4 atom stereocenters. The fraction of sp³-hybridized carbons (Fsp3) is 0.500. The number of hydrogen-bond acceptors (Lipinski definition) is 4. The number of halogens is 8. The highest BCUT2D eigenvalue weighted by Gasteiger charge is 2.74. The van der Waals surface area contributed by atoms with Crippen LogP contribution in [0.15, 0.2) is 47.4 Å². The summed E-state index contributed by atoms with van der Waals surface area (Å²) >= 11 is 0. The number of alkyl halides is 7. The topological polar surface area (TPSA) is 97.5 Å². The third kappa shape index (κ3) is 4.60. The van der Waals surface area contributed by atoms with Gasteiger partial charge in [0.15, 0.2) is 9.84 Å². The second kappa shape index (κ2) is 10.2. The molecule has 3 aliphatic rings. The monoisotopic (exact) mass is 638 g/mol. The Morgan fingerprint density at radius 3 is 2.12 bits per heavy atom. The van der Waals surface area contributed by atoms with E-state index in [-0.39, 0.29) is 61.1 Å². The van der Waals surface area contributed by atoms with E-state index in [0.717, 1.165) is 30.3 Å². The van der Waals surface area contributed by atoms with Crippen LogP contribution in [0.1, 0.15) is 48.8 Å². The third-order valence-electron chi connectivity index (χ3n) is 9.21. The van der Waals surface area contributed by atoms with Crippen LogP contribution >= 0.6 is 0 Å². The second-order valence-electron chi connectivity index (χ2n) is 11.3. The van der Waals surface area contributed by atoms with Crippen LogP contribution in [0, 0.1) is 17.7 Å². The minimum absolute atomic E-state index is 0.0676. The number of carbonyl (C=O) groups excluding carboxylic acids is 2. The molecule has 43 heavy (non-hydrogen) atoms. The lowest BCUT2D eigenvalue weighted by Gasteiger charge is -2.45. The first-order valence-electron chi connectivity index (χ1n) is 13.4. The maximum absolute atomic E-state index is 15.0. The van der Waals surface area contributed by atoms with Gasteiger partial charge in [-0.15, -0.1) is 0 Å². The van der Waals surface area contributed by atoms with E-state index in [9.17, 15) is 53.1 Å². The van der Waals surface area contributed by atoms with Gasteiger partial charge in [0.25, 0.3) is 0 Å². The van der Waals surface area contributed by atoms with Crippen LogP contribution < -0.4 is 5.73 Å². The largest absolute Gasteiger partial charge is 0.435 e. The van der Waals surface area contributed by atoms with Gasteiger partial charge in [0.05, 0.1) is 4.90 Å². The summed E-state index contributed by atoms with van der Waals surface area (Å²) in [7, 11) is -4.53. The van der Waals surface area contributed by atoms with Crippen molar-refractivity contribution in [1.82, 2.24) is 4.90 Å². The van der Waals surface area contributed by atoms with E-state index in [1.165, 1.54) is 4.90 Å². The van der Waals surface area contributed by atoms with Gasteiger partial charge in [0, 0.05) is 36.4 Å². The quantitative estimate of drug-likeness (QED) is 0.358. The van der Waals surface area contributed by atoms with E-state index < -0.39 is 73.7 Å². The summed E-state index contributed by atoms with van der Waals surface area (Å²) in [5, 5.41) is 0. The number of amides is 2. The Labute approximate surface area is 241 Å². The number of piperidine rings is 1. The van der Waals surface area contributed by atoms with Gasteiger partial charge in [-0.2, -0.15) is 26.3 Å². The van der Waals surface area contributed by atoms with Gasteiger partial charge in [-0.05, 0) is 67.5 Å². The summed E-state index contributed by atoms with van der Waals surface area (Å²) in [6.07, 6.45) is -13.0. The average Bonchev–Trinajstić information content (AvgIpc) is 3.32. The number of sulfone groups is 1. The van der Waals surface area contributed by atoms with Crippen LogP contribution in [0.5, 0.6) is 0 Å². The molecule has 0 radical (unpaired) electrons. The summed E-state index contributed by atoms with van der Waals surface area (Å²) in [6.45, 7) is 0.0909. The molecule has 6 nitrogen and oxygen atoms in total. The molecule has 15 heteroatoms. The molecule has 2 aliphatic carbocycles. The molecule has 2 amide bonds. The van der Waals surface area contributed by atoms with E-state index >= 15 is 0 Å². The molecule has 1 unspecified atom stereocenters. The normalized spacial score (nSPS) is 26.7. The van der Waals surface area contributed by atoms with Crippen molar-refractivity contribution in [2.45, 2.75) is 72.2 Å². The molecule has 5 rings (SSSR count). The molecule has 2 aromatic carbocycles. The van der Waals surface area contributed by atoms with Crippen LogP contribution in [-0.4, -0.2) is 50.1 Å². The third-order valence-corrected chi connectivity index (χ3v) is 11.8. The van der Waals surface area contributed by atoms with Crippen molar-refractivity contribution in [2.75, 3.05) is 6.54 Å². The zero-order chi connectivity index (χ0) is 31.8. The first-order valence-corrected chi connectivity index (χ1v) is 14.9. The van der Waals surface area contributed by atoms with E-state index in [2.05, 4.69) is 0 Å². The lowest BCUT2D eigenvalue weighted by Crippen LogP contribution is -2.53. The van der Waals surface area contributed by atoms with Gasteiger partial charge in [0.1, 0.15) is 10.6 Å². The van der Waals surface area contributed by atoms with Crippen molar-refractivity contribution in [1.29, 1.82) is 0 Å². The van der Waals surface area contributed by atoms with Crippen molar-refractivity contribution >= 4 is 21.7 Å². The molecule has 1 heterocycles. The molecule has 234 valence electrons. The van der Waals surface area contributed by atoms with E-state index in [1.807, 2.05) is 0 Å². The van der Waals surface area contributed by atoms with Gasteiger partial charge in [-0.3, -0.25) is 9.59 Å². The number of nitrogens with two attached hydrogens (primary N) is 1. The van der Waals surface area contributed by atoms with Gasteiger partial charge >= 0.3 is 18.0 Å². The maximum Gasteiger partial charge on any atom is 0.435 e. The van der Waals surface area contributed by atoms with Crippen LogP contribution in [0.2, 0.25) is 0 Å². The molecule has 1 saturated heterocycles. The van der Waals surface area contributed by atoms with Gasteiger partial charge in [-0.1, -0.05) is 18.2 Å². The molecule has 2 aromatic rings. The highest BCUT2D eigenvalue weighted by molar-refractivity contribution is 7.92. The van der Waals surface area contributed by atoms with Crippen LogP contribution in [0.3, 0.4) is 0 Å². The minimum atomic E-state index is -6.36. The Balaban J connectivity index is 1.66. The molecule has 1 saturated carbocycles. The molecule has 0 spiro atoms. The Hall–Kier alpha value is -3.23. The zero-order valence-corrected chi connectivity index (χ0v) is 23.1. The summed E-state index contributed by atoms with van der Waals surface area (Å²) in [5.41, 5.74) is -2.37. The molecular weight excluding hydrogens is 612 g/mol. The van der Waals surface area contributed by atoms with Gasteiger partial charge in [0.2, 0.25) is 11.8 Å². The Morgan fingerprint density at radius 2 is 1.56 bits per heavy atom. The number of nitrogens with zero attached hydrogens (tertiary/aromatic N) is 1. The van der Waals surface area contributed by atoms with Crippen molar-refractivity contribution in [3.05, 3.63) is 65.0 Å². The number of fused-ring (bicyclic) bond motifs is 3. The number of rotatable bonds is 5. The van der Waals surface area contributed by atoms with Crippen LogP contribution in [0.25, 0.3) is 0 Å². The zero-order valence-electron chi connectivity index (χ0n) is 22.3. The molecule has 1 aliphatic heterocycles. The SMILES string of the molecule is NC(=O)C1CCN([C@@H]2CC[C@@]3(S(=O)(=O)c4ccc(F)cc4)c4ccc(C(F)(C(F)(F)F)C(F)(F)F)cc4CC[C@@H]23)C(=O)C1. The number of benzene rings is 2. The lowest BCUT2D eigenvalue weighted by atomic mass is 9.73. The second-order valence-corrected chi connectivity index (χ2v) is 13.5. The van der Waals surface area contributed by atoms with Gasteiger partial charge in [-0.25, -0.2) is 17.2 Å². The first-order chi connectivity index (χ1) is 19.9. The lowest BCUT2D eigenvalue weighted by molar-refractivity contribution is -0.348. The van der Waals surface area contributed by atoms with E-state index in [1.54, 1.807) is 0 Å². The number of aryl methyl sites for hydroxylation is 1. The van der Waals surface area contributed by atoms with Crippen LogP contribution in [0.4, 0.5) is 35.1 Å². The van der Waals surface area contributed by atoms with Gasteiger partial charge < -0.3 is 10.6 Å². The summed E-state index contributed by atoms with van der Waals surface area (Å²) in [4.78, 5) is 25.9. The highest BCUT2D eigenvalue weighted by atomic mass is 32.2. The number of likely N-dealkylation sites (tertiary alicyclic amines) is 1. The fourth-order valence-electron chi connectivity index (χ4n) is 7.17. The molecule has 2 N–H and O–H groups in total. The standard InChI is InChI=1S/C28H26F8N2O4S/c29-18-3-5-19(6-4-18)43(41,42)25-11-9-22(38-12-10-16(24(37)40)14-23(38)39)21(25)7-1-15-13-17(2-8-20(15)25)26(30,27(31,32)33)28(34,35)36/h2-6,8,13,16,21-22H,1,7,9-12,14H2,(H2,37,40)/t16?,21-,22+,25+/m0/s1. The van der Waals surface area contributed by atoms with E-state index in [0.29, 0.717) is 12.1 Å². The van der Waals surface area contributed by atoms with Crippen molar-refractivity contribution in [3.8, 4) is 0 Å². The summed E-state index contributed by atoms with van der Waals surface area (Å²) in [6, 6.07) is 4.65. The summed E-state index contributed by atoms with van der Waals surface area (Å²) in [5.74, 6) is -3.40. The summed E-state index contributed by atoms with van der Waals surface area (Å²) < 4.78 is 137. The fourth-order valence-corrected chi connectivity index (χ4v) is 9.63. The predicted molar refractivity (Wildman–Crippen MR) is 135 cm³/mol. The molecule has 0 aromatic heterocycles. The predicted octanol–water partition coefficient (Wildman–Crippen LogP) is 5.23. The average molecular weight is 639 g/mol. The molecule has 2 fully saturated rings. The number of hydrogen-bond donors (Lipinski definition) is 1. The first kappa shape index (κ1) is 31.2. The minimum Gasteiger partial charge on any atom is -0.369 e.